The number of rotatable bonds is 1. The van der Waals surface area contributed by atoms with E-state index in [4.69, 9.17) is 0 Å². The number of hydrogen-bond acceptors (Lipinski definition) is 4. The molecule has 6 nitrogen and oxygen atoms in total. The number of benzene rings is 1. The van der Waals surface area contributed by atoms with Crippen LogP contribution in [0.4, 0.5) is 0 Å². The summed E-state index contributed by atoms with van der Waals surface area (Å²) in [6.45, 7) is 0. The van der Waals surface area contributed by atoms with Crippen molar-refractivity contribution in [1.29, 1.82) is 5.26 Å². The SMILES string of the molecule is N#CC1c2ccccc2C(=O)N1C1CCC(=O)NC1=O. The van der Waals surface area contributed by atoms with E-state index in [2.05, 4.69) is 11.4 Å². The van der Waals surface area contributed by atoms with Gasteiger partial charge in [0, 0.05) is 17.5 Å². The van der Waals surface area contributed by atoms with Gasteiger partial charge in [0.15, 0.2) is 0 Å². The molecule has 0 aliphatic carbocycles. The summed E-state index contributed by atoms with van der Waals surface area (Å²) in [5.41, 5.74) is 1.06. The molecule has 100 valence electrons. The molecular formula is C14H11N3O3. The van der Waals surface area contributed by atoms with Crippen molar-refractivity contribution in [3.63, 3.8) is 0 Å². The summed E-state index contributed by atoms with van der Waals surface area (Å²) in [5.74, 6) is -1.19. The summed E-state index contributed by atoms with van der Waals surface area (Å²) >= 11 is 0. The van der Waals surface area contributed by atoms with Crippen LogP contribution in [0.3, 0.4) is 0 Å². The number of fused-ring (bicyclic) bond motifs is 1. The van der Waals surface area contributed by atoms with Crippen molar-refractivity contribution in [2.75, 3.05) is 0 Å². The second-order valence-electron chi connectivity index (χ2n) is 4.80. The Morgan fingerprint density at radius 1 is 1.25 bits per heavy atom. The average molecular weight is 269 g/mol. The van der Waals surface area contributed by atoms with Crippen molar-refractivity contribution in [1.82, 2.24) is 10.2 Å². The van der Waals surface area contributed by atoms with Gasteiger partial charge in [-0.25, -0.2) is 0 Å². The topological polar surface area (TPSA) is 90.3 Å². The summed E-state index contributed by atoms with van der Waals surface area (Å²) in [6, 6.07) is 7.37. The van der Waals surface area contributed by atoms with Crippen molar-refractivity contribution in [2.45, 2.75) is 24.9 Å². The third-order valence-corrected chi connectivity index (χ3v) is 3.67. The number of piperidine rings is 1. The number of amides is 3. The number of nitrogens with zero attached hydrogens (tertiary/aromatic N) is 2. The molecule has 1 aromatic rings. The lowest BCUT2D eigenvalue weighted by molar-refractivity contribution is -0.137. The van der Waals surface area contributed by atoms with Crippen molar-refractivity contribution < 1.29 is 14.4 Å². The van der Waals surface area contributed by atoms with Crippen LogP contribution in [0.1, 0.15) is 34.8 Å². The second kappa shape index (κ2) is 4.46. The number of hydrogen-bond donors (Lipinski definition) is 1. The van der Waals surface area contributed by atoms with Crippen molar-refractivity contribution >= 4 is 17.7 Å². The highest BCUT2D eigenvalue weighted by atomic mass is 16.2. The molecule has 2 heterocycles. The number of carbonyl (C=O) groups excluding carboxylic acids is 3. The fraction of sp³-hybridized carbons (Fsp3) is 0.286. The Balaban J connectivity index is 1.99. The fourth-order valence-corrected chi connectivity index (χ4v) is 2.74. The summed E-state index contributed by atoms with van der Waals surface area (Å²) < 4.78 is 0. The molecule has 1 saturated heterocycles. The maximum absolute atomic E-state index is 12.4. The van der Waals surface area contributed by atoms with Gasteiger partial charge < -0.3 is 4.90 Å². The zero-order chi connectivity index (χ0) is 14.3. The standard InChI is InChI=1S/C14H11N3O3/c15-7-11-8-3-1-2-4-9(8)14(20)17(11)10-5-6-12(18)16-13(10)19/h1-4,10-11H,5-6H2,(H,16,18,19). The van der Waals surface area contributed by atoms with Crippen molar-refractivity contribution in [3.8, 4) is 6.07 Å². The molecule has 2 atom stereocenters. The molecule has 0 bridgehead atoms. The molecule has 1 aromatic carbocycles. The van der Waals surface area contributed by atoms with E-state index in [-0.39, 0.29) is 24.7 Å². The molecule has 3 amide bonds. The zero-order valence-electron chi connectivity index (χ0n) is 10.5. The van der Waals surface area contributed by atoms with Gasteiger partial charge in [-0.3, -0.25) is 19.7 Å². The molecular weight excluding hydrogens is 258 g/mol. The van der Waals surface area contributed by atoms with E-state index in [1.807, 2.05) is 0 Å². The molecule has 3 rings (SSSR count). The summed E-state index contributed by atoms with van der Waals surface area (Å²) in [6.07, 6.45) is 0.428. The number of nitriles is 1. The van der Waals surface area contributed by atoms with E-state index >= 15 is 0 Å². The summed E-state index contributed by atoms with van der Waals surface area (Å²) in [5, 5.41) is 11.5. The summed E-state index contributed by atoms with van der Waals surface area (Å²) in [4.78, 5) is 36.8. The van der Waals surface area contributed by atoms with E-state index in [0.29, 0.717) is 11.1 Å². The van der Waals surface area contributed by atoms with Crippen LogP contribution >= 0.6 is 0 Å². The van der Waals surface area contributed by atoms with E-state index < -0.39 is 18.0 Å². The third kappa shape index (κ3) is 1.67. The van der Waals surface area contributed by atoms with Gasteiger partial charge in [0.05, 0.1) is 6.07 Å². The van der Waals surface area contributed by atoms with Crippen LogP contribution in [0.2, 0.25) is 0 Å². The molecule has 20 heavy (non-hydrogen) atoms. The monoisotopic (exact) mass is 269 g/mol. The van der Waals surface area contributed by atoms with Crippen LogP contribution in [0, 0.1) is 11.3 Å². The first-order chi connectivity index (χ1) is 9.63. The van der Waals surface area contributed by atoms with Crippen LogP contribution in [0.25, 0.3) is 0 Å². The van der Waals surface area contributed by atoms with E-state index in [1.54, 1.807) is 24.3 Å². The first kappa shape index (κ1) is 12.4. The first-order valence-corrected chi connectivity index (χ1v) is 6.28. The third-order valence-electron chi connectivity index (χ3n) is 3.67. The van der Waals surface area contributed by atoms with Gasteiger partial charge in [-0.15, -0.1) is 0 Å². The smallest absolute Gasteiger partial charge is 0.256 e. The van der Waals surface area contributed by atoms with Gasteiger partial charge in [0.1, 0.15) is 12.1 Å². The Bertz CT molecular complexity index is 662. The molecule has 0 radical (unpaired) electrons. The van der Waals surface area contributed by atoms with E-state index in [0.717, 1.165) is 0 Å². The zero-order valence-corrected chi connectivity index (χ0v) is 10.5. The Morgan fingerprint density at radius 2 is 2.00 bits per heavy atom. The largest absolute Gasteiger partial charge is 0.306 e. The summed E-state index contributed by atoms with van der Waals surface area (Å²) in [7, 11) is 0. The minimum absolute atomic E-state index is 0.175. The van der Waals surface area contributed by atoms with Gasteiger partial charge in [0.2, 0.25) is 11.8 Å². The average Bonchev–Trinajstić information content (AvgIpc) is 2.72. The number of carbonyl (C=O) groups is 3. The lowest BCUT2D eigenvalue weighted by Crippen LogP contribution is -2.53. The quantitative estimate of drug-likeness (QED) is 0.752. The molecule has 0 saturated carbocycles. The predicted octanol–water partition coefficient (Wildman–Crippen LogP) is 0.512. The van der Waals surface area contributed by atoms with E-state index in [9.17, 15) is 19.6 Å². The molecule has 6 heteroatoms. The molecule has 2 aliphatic rings. The lowest BCUT2D eigenvalue weighted by atomic mass is 10.0. The Kier molecular flexibility index (Phi) is 2.75. The van der Waals surface area contributed by atoms with Crippen LogP contribution in [-0.2, 0) is 9.59 Å². The van der Waals surface area contributed by atoms with Gasteiger partial charge in [-0.2, -0.15) is 5.26 Å². The van der Waals surface area contributed by atoms with Gasteiger partial charge in [-0.05, 0) is 12.5 Å². The number of imide groups is 1. The first-order valence-electron chi connectivity index (χ1n) is 6.28. The Labute approximate surface area is 115 Å². The number of nitrogens with one attached hydrogen (secondary N) is 1. The van der Waals surface area contributed by atoms with Crippen LogP contribution < -0.4 is 5.32 Å². The molecule has 1 N–H and O–H groups in total. The molecule has 0 aromatic heterocycles. The van der Waals surface area contributed by atoms with Crippen LogP contribution in [0.15, 0.2) is 24.3 Å². The maximum Gasteiger partial charge on any atom is 0.256 e. The molecule has 0 spiro atoms. The van der Waals surface area contributed by atoms with Gasteiger partial charge in [-0.1, -0.05) is 18.2 Å². The minimum atomic E-state index is -0.775. The normalized spacial score (nSPS) is 25.1. The fourth-order valence-electron chi connectivity index (χ4n) is 2.74. The second-order valence-corrected chi connectivity index (χ2v) is 4.80. The molecule has 1 fully saturated rings. The Morgan fingerprint density at radius 3 is 2.70 bits per heavy atom. The molecule has 2 unspecified atom stereocenters. The molecule has 2 aliphatic heterocycles. The Hall–Kier alpha value is -2.68. The maximum atomic E-state index is 12.4. The van der Waals surface area contributed by atoms with Gasteiger partial charge >= 0.3 is 0 Å². The highest BCUT2D eigenvalue weighted by Crippen LogP contribution is 2.36. The predicted molar refractivity (Wildman–Crippen MR) is 67.1 cm³/mol. The highest BCUT2D eigenvalue weighted by Gasteiger charge is 2.44. The van der Waals surface area contributed by atoms with Gasteiger partial charge in [0.25, 0.3) is 5.91 Å². The van der Waals surface area contributed by atoms with Crippen molar-refractivity contribution in [3.05, 3.63) is 35.4 Å². The van der Waals surface area contributed by atoms with Crippen LogP contribution in [-0.4, -0.2) is 28.7 Å². The van der Waals surface area contributed by atoms with Crippen molar-refractivity contribution in [2.24, 2.45) is 0 Å². The van der Waals surface area contributed by atoms with Crippen LogP contribution in [0.5, 0.6) is 0 Å². The minimum Gasteiger partial charge on any atom is -0.306 e. The van der Waals surface area contributed by atoms with E-state index in [1.165, 1.54) is 4.90 Å². The lowest BCUT2D eigenvalue weighted by Gasteiger charge is -2.31. The highest BCUT2D eigenvalue weighted by molar-refractivity contribution is 6.06.